The highest BCUT2D eigenvalue weighted by Crippen LogP contribution is 2.42. The first kappa shape index (κ1) is 57.2. The lowest BCUT2D eigenvalue weighted by atomic mass is 9.82. The minimum Gasteiger partial charge on any atom is -0.468 e. The molecule has 4 amide bonds. The Labute approximate surface area is 489 Å². The number of amides is 4. The zero-order valence-corrected chi connectivity index (χ0v) is 48.7. The summed E-state index contributed by atoms with van der Waals surface area (Å²) in [7, 11) is 1.49. The minimum atomic E-state index is -0.753. The maximum absolute atomic E-state index is 17.6. The summed E-state index contributed by atoms with van der Waals surface area (Å²) in [6, 6.07) is 11.3. The summed E-state index contributed by atoms with van der Waals surface area (Å²) in [4.78, 5) is 78.5. The van der Waals surface area contributed by atoms with Crippen LogP contribution in [0.3, 0.4) is 0 Å². The average molecular weight is 1150 g/mol. The Hall–Kier alpha value is -7.21. The van der Waals surface area contributed by atoms with E-state index >= 15 is 8.78 Å². The molecule has 12 rings (SSSR count). The Balaban J connectivity index is 0.652. The first-order valence-corrected chi connectivity index (χ1v) is 30.2. The molecule has 6 fully saturated rings. The highest BCUT2D eigenvalue weighted by atomic mass is 19.1. The van der Waals surface area contributed by atoms with Crippen molar-refractivity contribution in [3.05, 3.63) is 77.0 Å². The second-order valence-corrected chi connectivity index (χ2v) is 25.2. The molecular weight excluding hydrogens is 1070 g/mol. The van der Waals surface area contributed by atoms with E-state index in [0.717, 1.165) is 102 Å². The van der Waals surface area contributed by atoms with Gasteiger partial charge in [-0.2, -0.15) is 9.97 Å². The van der Waals surface area contributed by atoms with Gasteiger partial charge >= 0.3 is 12.1 Å². The number of rotatable bonds is 15. The lowest BCUT2D eigenvalue weighted by Gasteiger charge is -2.42. The molecule has 3 atom stereocenters. The van der Waals surface area contributed by atoms with Gasteiger partial charge in [0.15, 0.2) is 12.6 Å². The molecule has 2 aromatic heterocycles. The van der Waals surface area contributed by atoms with Crippen LogP contribution in [-0.2, 0) is 25.6 Å². The van der Waals surface area contributed by atoms with Crippen molar-refractivity contribution < 1.29 is 46.9 Å². The van der Waals surface area contributed by atoms with Crippen LogP contribution >= 0.6 is 0 Å². The Morgan fingerprint density at radius 2 is 1.52 bits per heavy atom. The number of aromatic nitrogens is 3. The van der Waals surface area contributed by atoms with Crippen molar-refractivity contribution >= 4 is 57.0 Å². The van der Waals surface area contributed by atoms with Crippen LogP contribution in [-0.4, -0.2) is 168 Å². The topological polar surface area (TPSA) is 175 Å². The molecule has 3 aromatic carbocycles. The lowest BCUT2D eigenvalue weighted by Crippen LogP contribution is -2.57. The normalized spacial score (nSPS) is 22.2. The van der Waals surface area contributed by atoms with E-state index in [4.69, 9.17) is 35.3 Å². The second-order valence-electron chi connectivity index (χ2n) is 25.2. The monoisotopic (exact) mass is 1150 g/mol. The van der Waals surface area contributed by atoms with Gasteiger partial charge in [-0.05, 0) is 176 Å². The zero-order valence-electron chi connectivity index (χ0n) is 48.7. The van der Waals surface area contributed by atoms with E-state index in [-0.39, 0.29) is 77.5 Å². The number of hydrogen-bond donors (Lipinski definition) is 1. The van der Waals surface area contributed by atoms with Gasteiger partial charge in [-0.15, -0.1) is 6.42 Å². The van der Waals surface area contributed by atoms with Gasteiger partial charge in [0.2, 0.25) is 11.8 Å². The van der Waals surface area contributed by atoms with Crippen LogP contribution in [0.25, 0.3) is 32.9 Å². The van der Waals surface area contributed by atoms with Gasteiger partial charge < -0.3 is 38.5 Å². The number of imide groups is 1. The molecule has 0 radical (unpaired) electrons. The van der Waals surface area contributed by atoms with Crippen LogP contribution in [0.5, 0.6) is 11.8 Å². The first-order chi connectivity index (χ1) is 40.6. The molecule has 0 aliphatic carbocycles. The SMILES string of the molecule is C#Cc1c(F)ccc2cc(OCOC)cc(-c3ncc4c(N5CC6CCC(C5)N6C(=O)OC(C)(C)C)nc(OCCN5CCC(CC6CCN(CC7CCN(c8ccc9c(c8)CN(C8CCC(=O)NC8=O)C9=O)CC7)CC6)CC5)nc4c3F)c12. The highest BCUT2D eigenvalue weighted by Gasteiger charge is 2.46. The highest BCUT2D eigenvalue weighted by molar-refractivity contribution is 6.06. The molecule has 84 heavy (non-hydrogen) atoms. The summed E-state index contributed by atoms with van der Waals surface area (Å²) in [6.07, 6.45) is 17.5. The third-order valence-corrected chi connectivity index (χ3v) is 18.5. The molecule has 1 N–H and O–H groups in total. The zero-order chi connectivity index (χ0) is 58.4. The maximum Gasteiger partial charge on any atom is 0.410 e. The van der Waals surface area contributed by atoms with Gasteiger partial charge in [-0.25, -0.2) is 13.6 Å². The number of nitrogens with one attached hydrogen (secondary N) is 1. The van der Waals surface area contributed by atoms with E-state index in [9.17, 15) is 19.2 Å². The number of carbonyl (C=O) groups is 4. The standard InChI is InChI=1S/C64H76F2N10O8/c1-6-48-52(65)12-7-42-31-47(83-38-81-5)32-50(55(42)48)57-56(66)58-51(33-67-57)59(74-36-45-8-9-46(37-74)76(45)63(80)84-64(2,3)4)70-62(69-58)82-28-27-71-21-15-39(16-22-71)29-40-17-23-72(24-18-40)34-41-19-25-73(26-20-41)44-10-11-49-43(30-44)35-75(61(49)79)53-13-14-54(77)68-60(53)78/h1,7,10-12,30-33,39-41,45-46,53H,8-9,13-29,34-38H2,2-5H3,(H,68,77,78). The molecular formula is C64H76F2N10O8. The van der Waals surface area contributed by atoms with Crippen LogP contribution in [0.4, 0.5) is 25.1 Å². The van der Waals surface area contributed by atoms with Crippen molar-refractivity contribution in [2.24, 2.45) is 17.8 Å². The van der Waals surface area contributed by atoms with Crippen LogP contribution in [0.1, 0.15) is 113 Å². The van der Waals surface area contributed by atoms with Gasteiger partial charge in [-0.1, -0.05) is 12.0 Å². The molecule has 18 nitrogen and oxygen atoms in total. The summed E-state index contributed by atoms with van der Waals surface area (Å²) < 4.78 is 56.1. The number of halogens is 2. The summed E-state index contributed by atoms with van der Waals surface area (Å²) in [6.45, 7) is 15.1. The quantitative estimate of drug-likeness (QED) is 0.0599. The Morgan fingerprint density at radius 1 is 0.810 bits per heavy atom. The number of methoxy groups -OCH3 is 1. The summed E-state index contributed by atoms with van der Waals surface area (Å²) >= 11 is 0. The predicted molar refractivity (Wildman–Crippen MR) is 314 cm³/mol. The number of ether oxygens (including phenoxy) is 4. The number of benzene rings is 3. The summed E-state index contributed by atoms with van der Waals surface area (Å²) in [5.41, 5.74) is 2.17. The molecule has 7 aliphatic rings. The van der Waals surface area contributed by atoms with Gasteiger partial charge in [0, 0.05) is 87.7 Å². The Kier molecular flexibility index (Phi) is 16.4. The molecule has 444 valence electrons. The van der Waals surface area contributed by atoms with Gasteiger partial charge in [-0.3, -0.25) is 34.5 Å². The number of piperidine rings is 4. The Bertz CT molecular complexity index is 3370. The van der Waals surface area contributed by atoms with E-state index in [2.05, 4.69) is 41.9 Å². The van der Waals surface area contributed by atoms with Crippen LogP contribution < -0.4 is 24.6 Å². The van der Waals surface area contributed by atoms with Crippen molar-refractivity contribution in [1.82, 2.24) is 39.9 Å². The number of fused-ring (bicyclic) bond motifs is 5. The van der Waals surface area contributed by atoms with Gasteiger partial charge in [0.1, 0.15) is 46.8 Å². The number of likely N-dealkylation sites (tertiary alicyclic amines) is 2. The van der Waals surface area contributed by atoms with Crippen molar-refractivity contribution in [3.8, 4) is 35.4 Å². The van der Waals surface area contributed by atoms with E-state index in [0.29, 0.717) is 84.3 Å². The van der Waals surface area contributed by atoms with E-state index in [1.165, 1.54) is 32.4 Å². The number of carbonyl (C=O) groups excluding carboxylic acids is 4. The lowest BCUT2D eigenvalue weighted by molar-refractivity contribution is -0.136. The number of nitrogens with zero attached hydrogens (tertiary/aromatic N) is 9. The molecule has 0 spiro atoms. The molecule has 5 aromatic rings. The third kappa shape index (κ3) is 11.9. The number of anilines is 2. The van der Waals surface area contributed by atoms with Crippen molar-refractivity contribution in [2.75, 3.05) is 95.8 Å². The average Bonchev–Trinajstić information content (AvgIpc) is 1.79. The maximum atomic E-state index is 17.6. The fraction of sp³-hybridized carbons (Fsp3) is 0.547. The van der Waals surface area contributed by atoms with E-state index in [1.54, 1.807) is 29.3 Å². The number of terminal acetylenes is 1. The minimum absolute atomic E-state index is 0.0126. The van der Waals surface area contributed by atoms with E-state index < -0.39 is 23.3 Å². The van der Waals surface area contributed by atoms with Crippen molar-refractivity contribution in [2.45, 2.75) is 122 Å². The summed E-state index contributed by atoms with van der Waals surface area (Å²) in [5.74, 6) is 3.16. The Morgan fingerprint density at radius 3 is 2.21 bits per heavy atom. The third-order valence-electron chi connectivity index (χ3n) is 18.5. The number of pyridine rings is 1. The predicted octanol–water partition coefficient (Wildman–Crippen LogP) is 8.55. The first-order valence-electron chi connectivity index (χ1n) is 30.2. The van der Waals surface area contributed by atoms with Crippen LogP contribution in [0, 0.1) is 41.7 Å². The molecule has 9 heterocycles. The van der Waals surface area contributed by atoms with Crippen molar-refractivity contribution in [3.63, 3.8) is 0 Å². The molecule has 20 heteroatoms. The molecule has 7 aliphatic heterocycles. The van der Waals surface area contributed by atoms with Crippen molar-refractivity contribution in [1.29, 1.82) is 0 Å². The molecule has 6 saturated heterocycles. The number of piperazine rings is 1. The fourth-order valence-electron chi connectivity index (χ4n) is 14.2. The van der Waals surface area contributed by atoms with Crippen LogP contribution in [0.15, 0.2) is 48.7 Å². The summed E-state index contributed by atoms with van der Waals surface area (Å²) in [5, 5.41) is 3.60. The van der Waals surface area contributed by atoms with Crippen LogP contribution in [0.2, 0.25) is 0 Å². The van der Waals surface area contributed by atoms with Gasteiger partial charge in [0.05, 0.1) is 23.0 Å². The molecule has 3 unspecified atom stereocenters. The smallest absolute Gasteiger partial charge is 0.410 e. The molecule has 0 saturated carbocycles. The van der Waals surface area contributed by atoms with E-state index in [1.807, 2.05) is 37.8 Å². The molecule has 2 bridgehead atoms. The van der Waals surface area contributed by atoms with Gasteiger partial charge in [0.25, 0.3) is 5.91 Å². The largest absolute Gasteiger partial charge is 0.468 e. The number of hydrogen-bond acceptors (Lipinski definition) is 15. The fourth-order valence-corrected chi connectivity index (χ4v) is 14.2. The second kappa shape index (κ2) is 24.0.